The minimum absolute atomic E-state index is 0.0192. The highest BCUT2D eigenvalue weighted by molar-refractivity contribution is 6.04. The third kappa shape index (κ3) is 1.64. The van der Waals surface area contributed by atoms with Gasteiger partial charge in [-0.3, -0.25) is 4.79 Å². The molecule has 110 valence electrons. The number of hydrogen-bond acceptors (Lipinski definition) is 4. The zero-order chi connectivity index (χ0) is 14.7. The van der Waals surface area contributed by atoms with E-state index in [0.717, 1.165) is 30.3 Å². The summed E-state index contributed by atoms with van der Waals surface area (Å²) in [5.41, 5.74) is 0.704. The van der Waals surface area contributed by atoms with Crippen molar-refractivity contribution in [3.05, 3.63) is 52.7 Å². The van der Waals surface area contributed by atoms with E-state index < -0.39 is 0 Å². The van der Waals surface area contributed by atoms with Gasteiger partial charge in [0.1, 0.15) is 5.58 Å². The molecular weight excluding hydrogens is 278 g/mol. The molecular formula is C18H15NO3. The third-order valence-electron chi connectivity index (χ3n) is 4.79. The number of nitrogens with zero attached hydrogens (tertiary/aromatic N) is 1. The molecule has 2 aliphatic rings. The fraction of sp³-hybridized carbons (Fsp3) is 0.278. The number of hydrogen-bond donors (Lipinski definition) is 0. The van der Waals surface area contributed by atoms with Crippen LogP contribution in [0.1, 0.15) is 6.42 Å². The first-order valence-electron chi connectivity index (χ1n) is 7.63. The van der Waals surface area contributed by atoms with Gasteiger partial charge in [0, 0.05) is 18.0 Å². The van der Waals surface area contributed by atoms with Crippen LogP contribution in [0, 0.1) is 0 Å². The topological polar surface area (TPSA) is 42.7 Å². The van der Waals surface area contributed by atoms with Crippen LogP contribution >= 0.6 is 0 Å². The van der Waals surface area contributed by atoms with Crippen molar-refractivity contribution in [2.24, 2.45) is 0 Å². The Morgan fingerprint density at radius 1 is 1.09 bits per heavy atom. The van der Waals surface area contributed by atoms with E-state index in [0.29, 0.717) is 22.9 Å². The quantitative estimate of drug-likeness (QED) is 0.647. The average molecular weight is 293 g/mol. The molecule has 2 aromatic carbocycles. The van der Waals surface area contributed by atoms with Gasteiger partial charge in [-0.25, -0.2) is 0 Å². The van der Waals surface area contributed by atoms with E-state index >= 15 is 0 Å². The normalized spacial score (nSPS) is 23.7. The Labute approximate surface area is 126 Å². The second-order valence-electron chi connectivity index (χ2n) is 6.11. The maximum absolute atomic E-state index is 12.5. The zero-order valence-corrected chi connectivity index (χ0v) is 12.0. The van der Waals surface area contributed by atoms with Gasteiger partial charge in [0.25, 0.3) is 0 Å². The van der Waals surface area contributed by atoms with Gasteiger partial charge in [-0.1, -0.05) is 30.3 Å². The fourth-order valence-electron chi connectivity index (χ4n) is 3.68. The first-order valence-corrected chi connectivity index (χ1v) is 7.63. The highest BCUT2D eigenvalue weighted by Gasteiger charge is 2.40. The standard InChI is InChI=1S/C18H15NO3/c20-16-8-17(19-9-13-7-12(19)10-21-13)22-18-14-4-2-1-3-11(14)5-6-15(16)18/h1-6,8,12-13H,7,9-10H2. The van der Waals surface area contributed by atoms with Gasteiger partial charge >= 0.3 is 0 Å². The van der Waals surface area contributed by atoms with Crippen LogP contribution in [0.5, 0.6) is 0 Å². The van der Waals surface area contributed by atoms with E-state index in [1.165, 1.54) is 0 Å². The summed E-state index contributed by atoms with van der Waals surface area (Å²) < 4.78 is 11.8. The lowest BCUT2D eigenvalue weighted by Gasteiger charge is -2.27. The monoisotopic (exact) mass is 293 g/mol. The number of anilines is 1. The van der Waals surface area contributed by atoms with Gasteiger partial charge in [0.2, 0.25) is 0 Å². The second-order valence-corrected chi connectivity index (χ2v) is 6.11. The minimum Gasteiger partial charge on any atom is -0.440 e. The SMILES string of the molecule is O=c1cc(N2CC3CC2CO3)oc2c1ccc1ccccc12. The first kappa shape index (κ1) is 12.2. The largest absolute Gasteiger partial charge is 0.440 e. The van der Waals surface area contributed by atoms with Crippen molar-refractivity contribution in [1.29, 1.82) is 0 Å². The molecule has 22 heavy (non-hydrogen) atoms. The number of benzene rings is 2. The van der Waals surface area contributed by atoms with Crippen molar-refractivity contribution in [2.75, 3.05) is 18.1 Å². The summed E-state index contributed by atoms with van der Waals surface area (Å²) >= 11 is 0. The van der Waals surface area contributed by atoms with Crippen molar-refractivity contribution >= 4 is 27.6 Å². The Morgan fingerprint density at radius 3 is 2.82 bits per heavy atom. The van der Waals surface area contributed by atoms with Crippen molar-refractivity contribution in [2.45, 2.75) is 18.6 Å². The van der Waals surface area contributed by atoms with Crippen molar-refractivity contribution in [1.82, 2.24) is 0 Å². The molecule has 2 unspecified atom stereocenters. The lowest BCUT2D eigenvalue weighted by Crippen LogP contribution is -2.37. The summed E-state index contributed by atoms with van der Waals surface area (Å²) in [5.74, 6) is 0.671. The highest BCUT2D eigenvalue weighted by Crippen LogP contribution is 2.34. The van der Waals surface area contributed by atoms with Gasteiger partial charge in [-0.2, -0.15) is 0 Å². The van der Waals surface area contributed by atoms with E-state index in [1.807, 2.05) is 36.4 Å². The van der Waals surface area contributed by atoms with E-state index in [1.54, 1.807) is 6.07 Å². The molecule has 4 nitrogen and oxygen atoms in total. The molecule has 2 atom stereocenters. The van der Waals surface area contributed by atoms with Gasteiger partial charge in [-0.15, -0.1) is 0 Å². The van der Waals surface area contributed by atoms with E-state index in [2.05, 4.69) is 4.90 Å². The maximum Gasteiger partial charge on any atom is 0.200 e. The molecule has 0 amide bonds. The summed E-state index contributed by atoms with van der Waals surface area (Å²) in [4.78, 5) is 14.7. The molecule has 0 radical (unpaired) electrons. The molecule has 0 N–H and O–H groups in total. The average Bonchev–Trinajstić information content (AvgIpc) is 3.17. The molecule has 3 heterocycles. The zero-order valence-electron chi connectivity index (χ0n) is 12.0. The summed E-state index contributed by atoms with van der Waals surface area (Å²) in [5, 5.41) is 2.71. The smallest absolute Gasteiger partial charge is 0.200 e. The number of ether oxygens (including phenoxy) is 1. The molecule has 2 saturated heterocycles. The van der Waals surface area contributed by atoms with E-state index in [9.17, 15) is 4.79 Å². The third-order valence-corrected chi connectivity index (χ3v) is 4.79. The van der Waals surface area contributed by atoms with Crippen LogP contribution in [0.3, 0.4) is 0 Å². The van der Waals surface area contributed by atoms with Crippen LogP contribution in [-0.4, -0.2) is 25.3 Å². The molecule has 2 bridgehead atoms. The van der Waals surface area contributed by atoms with Gasteiger partial charge in [0.05, 0.1) is 24.1 Å². The van der Waals surface area contributed by atoms with Gasteiger partial charge in [0.15, 0.2) is 11.3 Å². The van der Waals surface area contributed by atoms with Gasteiger partial charge < -0.3 is 14.1 Å². The first-order chi connectivity index (χ1) is 10.8. The van der Waals surface area contributed by atoms with Crippen LogP contribution in [0.25, 0.3) is 21.7 Å². The Morgan fingerprint density at radius 2 is 2.00 bits per heavy atom. The predicted octanol–water partition coefficient (Wildman–Crippen LogP) is 2.92. The van der Waals surface area contributed by atoms with Crippen molar-refractivity contribution in [3.8, 4) is 0 Å². The summed E-state index contributed by atoms with van der Waals surface area (Å²) in [7, 11) is 0. The molecule has 2 fully saturated rings. The summed E-state index contributed by atoms with van der Waals surface area (Å²) in [6.45, 7) is 1.53. The van der Waals surface area contributed by atoms with Crippen LogP contribution in [0.4, 0.5) is 5.88 Å². The Kier molecular flexibility index (Phi) is 2.41. The van der Waals surface area contributed by atoms with Crippen LogP contribution in [0.2, 0.25) is 0 Å². The minimum atomic E-state index is 0.0192. The number of fused-ring (bicyclic) bond motifs is 5. The highest BCUT2D eigenvalue weighted by atomic mass is 16.5. The molecule has 0 saturated carbocycles. The summed E-state index contributed by atoms with van der Waals surface area (Å²) in [6, 6.07) is 13.8. The van der Waals surface area contributed by atoms with Crippen LogP contribution in [0.15, 0.2) is 51.7 Å². The fourth-order valence-corrected chi connectivity index (χ4v) is 3.68. The maximum atomic E-state index is 12.5. The lowest BCUT2D eigenvalue weighted by atomic mass is 10.1. The molecule has 0 aliphatic carbocycles. The van der Waals surface area contributed by atoms with Crippen molar-refractivity contribution < 1.29 is 9.15 Å². The molecule has 5 rings (SSSR count). The number of rotatable bonds is 1. The van der Waals surface area contributed by atoms with Crippen LogP contribution in [-0.2, 0) is 4.74 Å². The van der Waals surface area contributed by atoms with Crippen molar-refractivity contribution in [3.63, 3.8) is 0 Å². The molecule has 3 aromatic rings. The van der Waals surface area contributed by atoms with Crippen LogP contribution < -0.4 is 10.3 Å². The Bertz CT molecular complexity index is 946. The molecule has 2 aliphatic heterocycles. The van der Waals surface area contributed by atoms with E-state index in [-0.39, 0.29) is 11.5 Å². The molecule has 4 heteroatoms. The van der Waals surface area contributed by atoms with Gasteiger partial charge in [-0.05, 0) is 17.9 Å². The Balaban J connectivity index is 1.77. The second kappa shape index (κ2) is 4.34. The molecule has 1 aromatic heterocycles. The summed E-state index contributed by atoms with van der Waals surface area (Å²) in [6.07, 6.45) is 1.30. The Hall–Kier alpha value is -2.33. The van der Waals surface area contributed by atoms with E-state index in [4.69, 9.17) is 9.15 Å². The predicted molar refractivity (Wildman–Crippen MR) is 85.5 cm³/mol. The molecule has 0 spiro atoms. The number of morpholine rings is 1. The lowest BCUT2D eigenvalue weighted by molar-refractivity contribution is 0.0978.